The Morgan fingerprint density at radius 1 is 1.09 bits per heavy atom. The summed E-state index contributed by atoms with van der Waals surface area (Å²) in [5.41, 5.74) is 1.69. The van der Waals surface area contributed by atoms with Gasteiger partial charge in [-0.15, -0.1) is 0 Å². The van der Waals surface area contributed by atoms with Gasteiger partial charge in [0.25, 0.3) is 5.91 Å². The zero-order valence-corrected chi connectivity index (χ0v) is 13.6. The number of likely N-dealkylation sites (N-methyl/N-ethyl adjacent to an activating group) is 1. The first-order valence-corrected chi connectivity index (χ1v) is 8.60. The molecule has 0 bridgehead atoms. The fourth-order valence-corrected chi connectivity index (χ4v) is 4.31. The fourth-order valence-electron chi connectivity index (χ4n) is 4.31. The molecule has 2 fully saturated rings. The molecule has 23 heavy (non-hydrogen) atoms. The Morgan fingerprint density at radius 3 is 2.74 bits per heavy atom. The highest BCUT2D eigenvalue weighted by molar-refractivity contribution is 6.06. The summed E-state index contributed by atoms with van der Waals surface area (Å²) >= 11 is 0. The van der Waals surface area contributed by atoms with Gasteiger partial charge in [-0.3, -0.25) is 9.78 Å². The van der Waals surface area contributed by atoms with E-state index in [1.165, 1.54) is 12.8 Å². The van der Waals surface area contributed by atoms with E-state index in [-0.39, 0.29) is 5.91 Å². The van der Waals surface area contributed by atoms with Gasteiger partial charge in [0.2, 0.25) is 0 Å². The Labute approximate surface area is 137 Å². The van der Waals surface area contributed by atoms with Crippen LogP contribution in [0.15, 0.2) is 36.5 Å². The van der Waals surface area contributed by atoms with Gasteiger partial charge >= 0.3 is 0 Å². The second-order valence-electron chi connectivity index (χ2n) is 6.77. The fraction of sp³-hybridized carbons (Fsp3) is 0.474. The van der Waals surface area contributed by atoms with Crippen LogP contribution in [0.5, 0.6) is 0 Å². The summed E-state index contributed by atoms with van der Waals surface area (Å²) in [6.07, 6.45) is 6.48. The molecular weight excluding hydrogens is 286 g/mol. The molecule has 3 heterocycles. The van der Waals surface area contributed by atoms with Crippen molar-refractivity contribution in [1.29, 1.82) is 0 Å². The van der Waals surface area contributed by atoms with Crippen molar-refractivity contribution in [1.82, 2.24) is 14.8 Å². The zero-order chi connectivity index (χ0) is 15.8. The number of carbonyl (C=O) groups excluding carboxylic acids is 1. The SMILES string of the molecule is CN1CCCC1C1CCCN1C(=O)c1cccc2ncccc12. The van der Waals surface area contributed by atoms with Crippen molar-refractivity contribution in [2.24, 2.45) is 0 Å². The normalized spacial score (nSPS) is 25.3. The first-order valence-electron chi connectivity index (χ1n) is 8.60. The third-order valence-corrected chi connectivity index (χ3v) is 5.46. The number of carbonyl (C=O) groups is 1. The molecule has 4 nitrogen and oxygen atoms in total. The molecule has 1 amide bonds. The molecular formula is C19H23N3O. The molecule has 4 heteroatoms. The topological polar surface area (TPSA) is 36.4 Å². The van der Waals surface area contributed by atoms with Crippen LogP contribution in [0.25, 0.3) is 10.9 Å². The maximum Gasteiger partial charge on any atom is 0.254 e. The number of rotatable bonds is 2. The van der Waals surface area contributed by atoms with Gasteiger partial charge in [0.05, 0.1) is 5.52 Å². The summed E-state index contributed by atoms with van der Waals surface area (Å²) in [6.45, 7) is 2.03. The van der Waals surface area contributed by atoms with Crippen LogP contribution < -0.4 is 0 Å². The van der Waals surface area contributed by atoms with E-state index in [4.69, 9.17) is 0 Å². The molecule has 1 aromatic carbocycles. The third kappa shape index (κ3) is 2.51. The number of likely N-dealkylation sites (tertiary alicyclic amines) is 2. The lowest BCUT2D eigenvalue weighted by molar-refractivity contribution is 0.0666. The maximum absolute atomic E-state index is 13.2. The van der Waals surface area contributed by atoms with Crippen molar-refractivity contribution < 1.29 is 4.79 Å². The summed E-state index contributed by atoms with van der Waals surface area (Å²) in [7, 11) is 2.19. The van der Waals surface area contributed by atoms with Gasteiger partial charge in [-0.05, 0) is 57.5 Å². The molecule has 4 rings (SSSR count). The van der Waals surface area contributed by atoms with Crippen molar-refractivity contribution in [2.75, 3.05) is 20.1 Å². The first kappa shape index (κ1) is 14.6. The molecule has 2 aromatic rings. The standard InChI is InChI=1S/C19H23N3O/c1-21-12-4-9-17(21)18-10-5-13-22(18)19(23)15-6-2-8-16-14(15)7-3-11-20-16/h2-3,6-8,11,17-18H,4-5,9-10,12-13H2,1H3. The highest BCUT2D eigenvalue weighted by Crippen LogP contribution is 2.31. The highest BCUT2D eigenvalue weighted by atomic mass is 16.2. The van der Waals surface area contributed by atoms with Crippen molar-refractivity contribution in [3.8, 4) is 0 Å². The number of hydrogen-bond acceptors (Lipinski definition) is 3. The number of amides is 1. The van der Waals surface area contributed by atoms with E-state index < -0.39 is 0 Å². The lowest BCUT2D eigenvalue weighted by atomic mass is 10.0. The molecule has 1 aromatic heterocycles. The Bertz CT molecular complexity index is 724. The number of hydrogen-bond donors (Lipinski definition) is 0. The zero-order valence-electron chi connectivity index (χ0n) is 13.6. The summed E-state index contributed by atoms with van der Waals surface area (Å²) < 4.78 is 0. The van der Waals surface area contributed by atoms with E-state index in [1.807, 2.05) is 30.3 Å². The Kier molecular flexibility index (Phi) is 3.77. The largest absolute Gasteiger partial charge is 0.334 e. The van der Waals surface area contributed by atoms with Gasteiger partial charge in [-0.2, -0.15) is 0 Å². The highest BCUT2D eigenvalue weighted by Gasteiger charge is 2.38. The minimum absolute atomic E-state index is 0.173. The average Bonchev–Trinajstić information content (AvgIpc) is 3.22. The van der Waals surface area contributed by atoms with Crippen LogP contribution in [0, 0.1) is 0 Å². The molecule has 0 aliphatic carbocycles. The van der Waals surface area contributed by atoms with Crippen LogP contribution in [-0.4, -0.2) is 52.9 Å². The van der Waals surface area contributed by atoms with Gasteiger partial charge in [0.15, 0.2) is 0 Å². The Morgan fingerprint density at radius 2 is 1.91 bits per heavy atom. The van der Waals surface area contributed by atoms with Crippen LogP contribution in [0.3, 0.4) is 0 Å². The molecule has 2 atom stereocenters. The number of nitrogens with zero attached hydrogens (tertiary/aromatic N) is 3. The molecule has 2 aliphatic rings. The molecule has 0 radical (unpaired) electrons. The van der Waals surface area contributed by atoms with Gasteiger partial charge in [0.1, 0.15) is 0 Å². The molecule has 2 unspecified atom stereocenters. The Hall–Kier alpha value is -1.94. The molecule has 0 N–H and O–H groups in total. The second-order valence-corrected chi connectivity index (χ2v) is 6.77. The minimum Gasteiger partial charge on any atom is -0.334 e. The van der Waals surface area contributed by atoms with Crippen LogP contribution in [0.1, 0.15) is 36.0 Å². The van der Waals surface area contributed by atoms with E-state index in [0.717, 1.165) is 42.4 Å². The minimum atomic E-state index is 0.173. The first-order chi connectivity index (χ1) is 11.3. The van der Waals surface area contributed by atoms with E-state index >= 15 is 0 Å². The van der Waals surface area contributed by atoms with E-state index in [9.17, 15) is 4.79 Å². The van der Waals surface area contributed by atoms with E-state index in [1.54, 1.807) is 6.20 Å². The Balaban J connectivity index is 1.67. The van der Waals surface area contributed by atoms with Crippen LogP contribution in [0.2, 0.25) is 0 Å². The van der Waals surface area contributed by atoms with Crippen molar-refractivity contribution in [2.45, 2.75) is 37.8 Å². The van der Waals surface area contributed by atoms with E-state index in [2.05, 4.69) is 21.8 Å². The monoisotopic (exact) mass is 309 g/mol. The van der Waals surface area contributed by atoms with Gasteiger partial charge in [0, 0.05) is 35.8 Å². The average molecular weight is 309 g/mol. The second kappa shape index (κ2) is 5.93. The summed E-state index contributed by atoms with van der Waals surface area (Å²) in [6, 6.07) is 10.7. The predicted molar refractivity (Wildman–Crippen MR) is 91.5 cm³/mol. The summed E-state index contributed by atoms with van der Waals surface area (Å²) in [4.78, 5) is 22.1. The quantitative estimate of drug-likeness (QED) is 0.856. The smallest absolute Gasteiger partial charge is 0.254 e. The lowest BCUT2D eigenvalue weighted by Gasteiger charge is -2.33. The predicted octanol–water partition coefficient (Wildman–Crippen LogP) is 2.93. The van der Waals surface area contributed by atoms with Crippen LogP contribution >= 0.6 is 0 Å². The van der Waals surface area contributed by atoms with Crippen molar-refractivity contribution >= 4 is 16.8 Å². The van der Waals surface area contributed by atoms with E-state index in [0.29, 0.717) is 12.1 Å². The third-order valence-electron chi connectivity index (χ3n) is 5.46. The molecule has 120 valence electrons. The number of aromatic nitrogens is 1. The molecule has 0 spiro atoms. The molecule has 2 aliphatic heterocycles. The van der Waals surface area contributed by atoms with Crippen molar-refractivity contribution in [3.05, 3.63) is 42.1 Å². The number of fused-ring (bicyclic) bond motifs is 1. The van der Waals surface area contributed by atoms with Crippen LogP contribution in [-0.2, 0) is 0 Å². The van der Waals surface area contributed by atoms with Gasteiger partial charge in [-0.1, -0.05) is 12.1 Å². The lowest BCUT2D eigenvalue weighted by Crippen LogP contribution is -2.47. The maximum atomic E-state index is 13.2. The van der Waals surface area contributed by atoms with Crippen molar-refractivity contribution in [3.63, 3.8) is 0 Å². The van der Waals surface area contributed by atoms with Gasteiger partial charge < -0.3 is 9.80 Å². The molecule has 2 saturated heterocycles. The molecule has 0 saturated carbocycles. The van der Waals surface area contributed by atoms with Gasteiger partial charge in [-0.25, -0.2) is 0 Å². The summed E-state index contributed by atoms with van der Waals surface area (Å²) in [5.74, 6) is 0.173. The summed E-state index contributed by atoms with van der Waals surface area (Å²) in [5, 5.41) is 0.963. The number of pyridine rings is 1. The number of benzene rings is 1. The van der Waals surface area contributed by atoms with Crippen LogP contribution in [0.4, 0.5) is 0 Å².